The molecule has 0 radical (unpaired) electrons. The molecule has 1 N–H and O–H groups in total. The number of rotatable bonds is 1. The normalized spacial score (nSPS) is 23.1. The number of hydrogen-bond donors (Lipinski definition) is 1. The fourth-order valence-corrected chi connectivity index (χ4v) is 3.40. The van der Waals surface area contributed by atoms with Crippen LogP contribution < -0.4 is 0 Å². The average Bonchev–Trinajstić information content (AvgIpc) is 2.49. The first kappa shape index (κ1) is 14.4. The summed E-state index contributed by atoms with van der Waals surface area (Å²) in [5.74, 6) is 0.417. The van der Waals surface area contributed by atoms with E-state index in [1.165, 1.54) is 5.56 Å². The van der Waals surface area contributed by atoms with Crippen molar-refractivity contribution in [3.8, 4) is 0 Å². The van der Waals surface area contributed by atoms with Gasteiger partial charge in [0.1, 0.15) is 0 Å². The van der Waals surface area contributed by atoms with Crippen LogP contribution in [0.5, 0.6) is 0 Å². The molecule has 2 aromatic rings. The highest BCUT2D eigenvalue weighted by Gasteiger charge is 2.30. The van der Waals surface area contributed by atoms with Crippen LogP contribution in [0.1, 0.15) is 36.0 Å². The lowest BCUT2D eigenvalue weighted by atomic mass is 9.73. The lowest BCUT2D eigenvalue weighted by Crippen LogP contribution is -2.25. The number of nitrogens with zero attached hydrogens (tertiary/aromatic N) is 1. The van der Waals surface area contributed by atoms with E-state index in [-0.39, 0.29) is 11.8 Å². The van der Waals surface area contributed by atoms with Gasteiger partial charge in [-0.3, -0.25) is 0 Å². The Labute approximate surface area is 134 Å². The third kappa shape index (κ3) is 2.54. The molecule has 0 heterocycles. The van der Waals surface area contributed by atoms with Gasteiger partial charge in [-0.25, -0.2) is 0 Å². The van der Waals surface area contributed by atoms with E-state index in [0.29, 0.717) is 10.0 Å². The molecule has 3 rings (SSSR count). The van der Waals surface area contributed by atoms with Crippen molar-refractivity contribution in [2.24, 2.45) is 11.1 Å². The van der Waals surface area contributed by atoms with Gasteiger partial charge >= 0.3 is 0 Å². The molecule has 0 fully saturated rings. The van der Waals surface area contributed by atoms with E-state index in [9.17, 15) is 5.21 Å². The van der Waals surface area contributed by atoms with Gasteiger partial charge in [0.15, 0.2) is 0 Å². The lowest BCUT2D eigenvalue weighted by Gasteiger charge is -2.30. The third-order valence-electron chi connectivity index (χ3n) is 4.12. The molecule has 1 unspecified atom stereocenters. The number of fused-ring (bicyclic) bond motifs is 1. The summed E-state index contributed by atoms with van der Waals surface area (Å²) in [5.41, 5.74) is 4.07. The van der Waals surface area contributed by atoms with Crippen molar-refractivity contribution in [1.29, 1.82) is 0 Å². The van der Waals surface area contributed by atoms with Gasteiger partial charge < -0.3 is 5.21 Å². The van der Waals surface area contributed by atoms with E-state index in [0.717, 1.165) is 23.3 Å². The molecule has 108 valence electrons. The minimum atomic E-state index is 0.185. The van der Waals surface area contributed by atoms with Crippen molar-refractivity contribution in [3.05, 3.63) is 69.2 Å². The molecular weight excluding hydrogens is 305 g/mol. The van der Waals surface area contributed by atoms with Gasteiger partial charge in [0.2, 0.25) is 0 Å². The second-order valence-electron chi connectivity index (χ2n) is 5.44. The maximum Gasteiger partial charge on any atom is 0.0899 e. The van der Waals surface area contributed by atoms with Gasteiger partial charge in [-0.1, -0.05) is 65.6 Å². The summed E-state index contributed by atoms with van der Waals surface area (Å²) in [6, 6.07) is 13.8. The average molecular weight is 320 g/mol. The molecule has 2 atom stereocenters. The molecule has 0 saturated carbocycles. The zero-order chi connectivity index (χ0) is 15.0. The molecule has 21 heavy (non-hydrogen) atoms. The highest BCUT2D eigenvalue weighted by Crippen LogP contribution is 2.40. The Morgan fingerprint density at radius 1 is 1.10 bits per heavy atom. The first-order valence-electron chi connectivity index (χ1n) is 6.88. The van der Waals surface area contributed by atoms with Crippen molar-refractivity contribution in [3.63, 3.8) is 0 Å². The first-order valence-corrected chi connectivity index (χ1v) is 7.63. The van der Waals surface area contributed by atoms with Gasteiger partial charge in [0.05, 0.1) is 15.8 Å². The highest BCUT2D eigenvalue weighted by molar-refractivity contribution is 6.42. The summed E-state index contributed by atoms with van der Waals surface area (Å²) in [4.78, 5) is 0. The Morgan fingerprint density at radius 2 is 1.86 bits per heavy atom. The SMILES string of the molecule is CC1C[C@@H](c2ccc(Cl)c(Cl)c2)c2ccccc2/C1=N/O. The zero-order valence-electron chi connectivity index (χ0n) is 11.6. The maximum atomic E-state index is 9.29. The van der Waals surface area contributed by atoms with Crippen LogP contribution >= 0.6 is 23.2 Å². The molecule has 0 spiro atoms. The van der Waals surface area contributed by atoms with E-state index in [4.69, 9.17) is 23.2 Å². The van der Waals surface area contributed by atoms with Crippen molar-refractivity contribution in [2.75, 3.05) is 0 Å². The molecule has 0 amide bonds. The molecule has 1 aliphatic rings. The van der Waals surface area contributed by atoms with Gasteiger partial charge in [0, 0.05) is 17.4 Å². The molecule has 2 nitrogen and oxygen atoms in total. The molecular formula is C17H15Cl2NO. The smallest absolute Gasteiger partial charge is 0.0899 e. The van der Waals surface area contributed by atoms with E-state index < -0.39 is 0 Å². The minimum Gasteiger partial charge on any atom is -0.411 e. The van der Waals surface area contributed by atoms with Crippen molar-refractivity contribution < 1.29 is 5.21 Å². The Hall–Kier alpha value is -1.51. The van der Waals surface area contributed by atoms with Crippen molar-refractivity contribution >= 4 is 28.9 Å². The van der Waals surface area contributed by atoms with E-state index in [1.807, 2.05) is 36.4 Å². The maximum absolute atomic E-state index is 9.29. The topological polar surface area (TPSA) is 32.6 Å². The number of halogens is 2. The standard InChI is InChI=1S/C17H15Cl2NO/c1-10-8-14(11-6-7-15(18)16(19)9-11)12-4-2-3-5-13(12)17(10)20-21/h2-7,9-10,14,21H,8H2,1H3/b20-17+/t10?,14-/m0/s1. The summed E-state index contributed by atoms with van der Waals surface area (Å²) >= 11 is 12.2. The monoisotopic (exact) mass is 319 g/mol. The van der Waals surface area contributed by atoms with Crippen LogP contribution in [-0.4, -0.2) is 10.9 Å². The number of oxime groups is 1. The lowest BCUT2D eigenvalue weighted by molar-refractivity contribution is 0.314. The van der Waals surface area contributed by atoms with Crippen LogP contribution in [0.15, 0.2) is 47.6 Å². The van der Waals surface area contributed by atoms with E-state index in [1.54, 1.807) is 0 Å². The third-order valence-corrected chi connectivity index (χ3v) is 4.86. The fraction of sp³-hybridized carbons (Fsp3) is 0.235. The minimum absolute atomic E-state index is 0.185. The van der Waals surface area contributed by atoms with Crippen LogP contribution in [0.2, 0.25) is 10.0 Å². The molecule has 1 aliphatic carbocycles. The second-order valence-corrected chi connectivity index (χ2v) is 6.25. The molecule has 0 aromatic heterocycles. The Bertz CT molecular complexity index is 712. The first-order chi connectivity index (χ1) is 10.1. The Kier molecular flexibility index (Phi) is 3.92. The number of benzene rings is 2. The van der Waals surface area contributed by atoms with Crippen molar-refractivity contribution in [1.82, 2.24) is 0 Å². The Morgan fingerprint density at radius 3 is 2.57 bits per heavy atom. The predicted molar refractivity (Wildman–Crippen MR) is 86.9 cm³/mol. The summed E-state index contributed by atoms with van der Waals surface area (Å²) in [6.07, 6.45) is 0.883. The molecule has 0 bridgehead atoms. The summed E-state index contributed by atoms with van der Waals surface area (Å²) in [7, 11) is 0. The van der Waals surface area contributed by atoms with Gasteiger partial charge in [0.25, 0.3) is 0 Å². The summed E-state index contributed by atoms with van der Waals surface area (Å²) in [6.45, 7) is 2.08. The zero-order valence-corrected chi connectivity index (χ0v) is 13.1. The van der Waals surface area contributed by atoms with Crippen LogP contribution in [0.3, 0.4) is 0 Å². The quantitative estimate of drug-likeness (QED) is 0.558. The summed E-state index contributed by atoms with van der Waals surface area (Å²) < 4.78 is 0. The fourth-order valence-electron chi connectivity index (χ4n) is 3.09. The van der Waals surface area contributed by atoms with Crippen LogP contribution in [0, 0.1) is 5.92 Å². The molecule has 2 aromatic carbocycles. The Balaban J connectivity index is 2.13. The largest absolute Gasteiger partial charge is 0.411 e. The summed E-state index contributed by atoms with van der Waals surface area (Å²) in [5, 5.41) is 13.9. The number of hydrogen-bond acceptors (Lipinski definition) is 2. The highest BCUT2D eigenvalue weighted by atomic mass is 35.5. The van der Waals surface area contributed by atoms with Crippen LogP contribution in [-0.2, 0) is 0 Å². The van der Waals surface area contributed by atoms with Gasteiger partial charge in [-0.05, 0) is 29.7 Å². The van der Waals surface area contributed by atoms with Crippen LogP contribution in [0.25, 0.3) is 0 Å². The van der Waals surface area contributed by atoms with E-state index >= 15 is 0 Å². The van der Waals surface area contributed by atoms with Crippen LogP contribution in [0.4, 0.5) is 0 Å². The predicted octanol–water partition coefficient (Wildman–Crippen LogP) is 5.34. The van der Waals surface area contributed by atoms with Gasteiger partial charge in [-0.2, -0.15) is 0 Å². The molecule has 4 heteroatoms. The molecule has 0 saturated heterocycles. The second kappa shape index (κ2) is 5.70. The van der Waals surface area contributed by atoms with E-state index in [2.05, 4.69) is 18.1 Å². The van der Waals surface area contributed by atoms with Crippen molar-refractivity contribution in [2.45, 2.75) is 19.3 Å². The molecule has 0 aliphatic heterocycles. The van der Waals surface area contributed by atoms with Gasteiger partial charge in [-0.15, -0.1) is 0 Å².